The number of nitrogens with zero attached hydrogens (tertiary/aromatic N) is 2. The van der Waals surface area contributed by atoms with Gasteiger partial charge in [-0.3, -0.25) is 14.9 Å². The molecule has 4 rings (SSSR count). The lowest BCUT2D eigenvalue weighted by Gasteiger charge is -2.29. The first-order valence-electron chi connectivity index (χ1n) is 8.90. The minimum Gasteiger partial charge on any atom is -0.338 e. The maximum Gasteiger partial charge on any atom is 0.252 e. The summed E-state index contributed by atoms with van der Waals surface area (Å²) in [4.78, 5) is 31.3. The normalized spacial score (nSPS) is 19.0. The van der Waals surface area contributed by atoms with E-state index in [0.717, 1.165) is 25.1 Å². The fraction of sp³-hybridized carbons (Fsp3) is 0.286. The molecule has 0 aromatic heterocycles. The molecule has 2 aromatic rings. The highest BCUT2D eigenvalue weighted by molar-refractivity contribution is 6.08. The molecular weight excluding hydrogens is 326 g/mol. The number of Topliss-reactive ketones (excluding diaryl/α,β-unsaturated/α-hetero) is 1. The SMILES string of the molecule is Cc1ccc(C(=O)CC2N=C(N3CCc4ccccc4C3)NC2=O)cc1. The van der Waals surface area contributed by atoms with Crippen LogP contribution in [0.3, 0.4) is 0 Å². The Morgan fingerprint density at radius 3 is 2.65 bits per heavy atom. The van der Waals surface area contributed by atoms with Crippen LogP contribution >= 0.6 is 0 Å². The van der Waals surface area contributed by atoms with E-state index in [1.807, 2.05) is 25.1 Å². The molecule has 1 N–H and O–H groups in total. The van der Waals surface area contributed by atoms with E-state index in [1.54, 1.807) is 12.1 Å². The van der Waals surface area contributed by atoms with Gasteiger partial charge in [0, 0.05) is 25.1 Å². The van der Waals surface area contributed by atoms with Gasteiger partial charge in [-0.2, -0.15) is 0 Å². The van der Waals surface area contributed by atoms with Gasteiger partial charge in [0.25, 0.3) is 5.91 Å². The van der Waals surface area contributed by atoms with Gasteiger partial charge in [0.1, 0.15) is 6.04 Å². The molecule has 5 nitrogen and oxygen atoms in total. The van der Waals surface area contributed by atoms with E-state index in [4.69, 9.17) is 0 Å². The van der Waals surface area contributed by atoms with Crippen molar-refractivity contribution in [2.45, 2.75) is 32.4 Å². The largest absolute Gasteiger partial charge is 0.338 e. The number of carbonyl (C=O) groups is 2. The van der Waals surface area contributed by atoms with E-state index in [1.165, 1.54) is 11.1 Å². The molecule has 0 aliphatic carbocycles. The number of nitrogens with one attached hydrogen (secondary N) is 1. The van der Waals surface area contributed by atoms with Crippen LogP contribution in [0.1, 0.15) is 33.5 Å². The summed E-state index contributed by atoms with van der Waals surface area (Å²) in [6.45, 7) is 3.52. The lowest BCUT2D eigenvalue weighted by Crippen LogP contribution is -2.43. The summed E-state index contributed by atoms with van der Waals surface area (Å²) >= 11 is 0. The van der Waals surface area contributed by atoms with E-state index in [0.29, 0.717) is 11.5 Å². The van der Waals surface area contributed by atoms with Crippen LogP contribution < -0.4 is 5.32 Å². The van der Waals surface area contributed by atoms with Crippen LogP contribution in [0.4, 0.5) is 0 Å². The summed E-state index contributed by atoms with van der Waals surface area (Å²) in [6.07, 6.45) is 1.03. The molecule has 0 saturated carbocycles. The predicted molar refractivity (Wildman–Crippen MR) is 100 cm³/mol. The molecule has 1 unspecified atom stereocenters. The number of hydrogen-bond donors (Lipinski definition) is 1. The molecule has 1 atom stereocenters. The van der Waals surface area contributed by atoms with Gasteiger partial charge in [0.05, 0.1) is 0 Å². The number of hydrogen-bond acceptors (Lipinski definition) is 4. The lowest BCUT2D eigenvalue weighted by atomic mass is 10.0. The van der Waals surface area contributed by atoms with Crippen molar-refractivity contribution >= 4 is 17.6 Å². The fourth-order valence-electron chi connectivity index (χ4n) is 3.44. The molecule has 2 aliphatic heterocycles. The van der Waals surface area contributed by atoms with Gasteiger partial charge in [0.15, 0.2) is 5.78 Å². The second-order valence-corrected chi connectivity index (χ2v) is 6.89. The Labute approximate surface area is 152 Å². The molecule has 0 spiro atoms. The number of guanidine groups is 1. The van der Waals surface area contributed by atoms with Gasteiger partial charge < -0.3 is 4.90 Å². The van der Waals surface area contributed by atoms with Gasteiger partial charge in [-0.05, 0) is 24.5 Å². The standard InChI is InChI=1S/C21H21N3O2/c1-14-6-8-16(9-7-14)19(25)12-18-20(26)23-21(22-18)24-11-10-15-4-2-3-5-17(15)13-24/h2-9,18H,10-13H2,1H3,(H,22,23,26). The van der Waals surface area contributed by atoms with E-state index >= 15 is 0 Å². The molecule has 132 valence electrons. The van der Waals surface area contributed by atoms with Gasteiger partial charge in [-0.25, -0.2) is 4.99 Å². The number of aryl methyl sites for hydroxylation is 1. The third-order valence-corrected chi connectivity index (χ3v) is 5.00. The molecule has 5 heteroatoms. The molecule has 0 saturated heterocycles. The van der Waals surface area contributed by atoms with Crippen molar-refractivity contribution in [3.05, 3.63) is 70.8 Å². The van der Waals surface area contributed by atoms with Crippen molar-refractivity contribution < 1.29 is 9.59 Å². The first kappa shape index (κ1) is 16.5. The molecule has 0 fully saturated rings. The minimum atomic E-state index is -0.643. The highest BCUT2D eigenvalue weighted by atomic mass is 16.2. The number of ketones is 1. The van der Waals surface area contributed by atoms with Gasteiger partial charge in [-0.1, -0.05) is 54.1 Å². The summed E-state index contributed by atoms with van der Waals surface area (Å²) in [5.74, 6) is 0.338. The van der Waals surface area contributed by atoms with Crippen LogP contribution in [0, 0.1) is 6.92 Å². The number of rotatable bonds is 3. The van der Waals surface area contributed by atoms with E-state index in [-0.39, 0.29) is 18.1 Å². The molecule has 2 aromatic carbocycles. The van der Waals surface area contributed by atoms with Gasteiger partial charge in [0.2, 0.25) is 5.96 Å². The molecule has 2 heterocycles. The molecule has 2 aliphatic rings. The van der Waals surface area contributed by atoms with Crippen LogP contribution in [-0.2, 0) is 17.8 Å². The molecular formula is C21H21N3O2. The van der Waals surface area contributed by atoms with Crippen LogP contribution in [0.5, 0.6) is 0 Å². The molecule has 1 amide bonds. The Morgan fingerprint density at radius 1 is 1.15 bits per heavy atom. The number of amides is 1. The average molecular weight is 347 g/mol. The monoisotopic (exact) mass is 347 g/mol. The number of fused-ring (bicyclic) bond motifs is 1. The van der Waals surface area contributed by atoms with Crippen molar-refractivity contribution in [1.82, 2.24) is 10.2 Å². The summed E-state index contributed by atoms with van der Waals surface area (Å²) in [7, 11) is 0. The Bertz CT molecular complexity index is 886. The molecule has 0 radical (unpaired) electrons. The number of aliphatic imine (C=N–C) groups is 1. The van der Waals surface area contributed by atoms with Crippen molar-refractivity contribution in [2.24, 2.45) is 4.99 Å². The Kier molecular flexibility index (Phi) is 4.29. The first-order chi connectivity index (χ1) is 12.6. The maximum absolute atomic E-state index is 12.4. The van der Waals surface area contributed by atoms with E-state index in [2.05, 4.69) is 33.4 Å². The molecule has 26 heavy (non-hydrogen) atoms. The number of benzene rings is 2. The van der Waals surface area contributed by atoms with Crippen molar-refractivity contribution in [3.63, 3.8) is 0 Å². The Morgan fingerprint density at radius 2 is 1.88 bits per heavy atom. The zero-order chi connectivity index (χ0) is 18.1. The van der Waals surface area contributed by atoms with Crippen LogP contribution in [0.25, 0.3) is 0 Å². The van der Waals surface area contributed by atoms with Crippen LogP contribution in [0.15, 0.2) is 53.5 Å². The smallest absolute Gasteiger partial charge is 0.252 e. The highest BCUT2D eigenvalue weighted by Crippen LogP contribution is 2.20. The van der Waals surface area contributed by atoms with Crippen molar-refractivity contribution in [3.8, 4) is 0 Å². The third kappa shape index (κ3) is 3.25. The fourth-order valence-corrected chi connectivity index (χ4v) is 3.44. The predicted octanol–water partition coefficient (Wildman–Crippen LogP) is 2.48. The van der Waals surface area contributed by atoms with Crippen LogP contribution in [0.2, 0.25) is 0 Å². The third-order valence-electron chi connectivity index (χ3n) is 5.00. The molecule has 0 bridgehead atoms. The zero-order valence-electron chi connectivity index (χ0n) is 14.7. The average Bonchev–Trinajstić information content (AvgIpc) is 3.02. The van der Waals surface area contributed by atoms with E-state index < -0.39 is 6.04 Å². The lowest BCUT2D eigenvalue weighted by molar-refractivity contribution is -0.120. The van der Waals surface area contributed by atoms with Gasteiger partial charge in [-0.15, -0.1) is 0 Å². The zero-order valence-corrected chi connectivity index (χ0v) is 14.7. The Balaban J connectivity index is 1.46. The van der Waals surface area contributed by atoms with E-state index in [9.17, 15) is 9.59 Å². The second-order valence-electron chi connectivity index (χ2n) is 6.89. The van der Waals surface area contributed by atoms with Crippen molar-refractivity contribution in [2.75, 3.05) is 6.54 Å². The summed E-state index contributed by atoms with van der Waals surface area (Å²) in [5, 5.41) is 2.86. The number of carbonyl (C=O) groups excluding carboxylic acids is 2. The summed E-state index contributed by atoms with van der Waals surface area (Å²) < 4.78 is 0. The topological polar surface area (TPSA) is 61.8 Å². The Hall–Kier alpha value is -2.95. The first-order valence-corrected chi connectivity index (χ1v) is 8.90. The van der Waals surface area contributed by atoms with Gasteiger partial charge >= 0.3 is 0 Å². The quantitative estimate of drug-likeness (QED) is 0.868. The maximum atomic E-state index is 12.4. The second kappa shape index (κ2) is 6.75. The summed E-state index contributed by atoms with van der Waals surface area (Å²) in [5.41, 5.74) is 4.33. The van der Waals surface area contributed by atoms with Crippen LogP contribution in [-0.4, -0.2) is 35.1 Å². The highest BCUT2D eigenvalue weighted by Gasteiger charge is 2.32. The van der Waals surface area contributed by atoms with Crippen molar-refractivity contribution in [1.29, 1.82) is 0 Å². The summed E-state index contributed by atoms with van der Waals surface area (Å²) in [6, 6.07) is 15.1. The minimum absolute atomic E-state index is 0.0564.